The second kappa shape index (κ2) is 8.10. The summed E-state index contributed by atoms with van der Waals surface area (Å²) in [7, 11) is 1.56. The van der Waals surface area contributed by atoms with Gasteiger partial charge in [-0.05, 0) is 29.1 Å². The molecule has 0 saturated heterocycles. The number of para-hydroxylation sites is 1. The zero-order valence-corrected chi connectivity index (χ0v) is 16.1. The molecule has 2 aromatic heterocycles. The Bertz CT molecular complexity index is 1060. The van der Waals surface area contributed by atoms with Gasteiger partial charge in [0.25, 0.3) is 5.91 Å². The van der Waals surface area contributed by atoms with Gasteiger partial charge in [0.1, 0.15) is 11.4 Å². The maximum atomic E-state index is 13.1. The molecule has 5 nitrogen and oxygen atoms in total. The molecule has 2 N–H and O–H groups in total. The topological polar surface area (TPSA) is 67.0 Å². The molecule has 0 fully saturated rings. The van der Waals surface area contributed by atoms with E-state index in [1.165, 1.54) is 0 Å². The Morgan fingerprint density at radius 2 is 1.86 bits per heavy atom. The summed E-state index contributed by atoms with van der Waals surface area (Å²) in [5.41, 5.74) is 3.22. The Balaban J connectivity index is 1.74. The minimum absolute atomic E-state index is 0.204. The van der Waals surface area contributed by atoms with Gasteiger partial charge in [0.05, 0.1) is 23.6 Å². The zero-order valence-electron chi connectivity index (χ0n) is 15.3. The summed E-state index contributed by atoms with van der Waals surface area (Å²) < 4.78 is 5.35. The number of benzene rings is 2. The Hall–Kier alpha value is -3.38. The lowest BCUT2D eigenvalue weighted by molar-refractivity contribution is 0.0940. The molecule has 4 rings (SSSR count). The molecule has 0 aliphatic carbocycles. The minimum atomic E-state index is -0.352. The van der Waals surface area contributed by atoms with Crippen LogP contribution in [0.5, 0.6) is 5.75 Å². The van der Waals surface area contributed by atoms with Gasteiger partial charge in [-0.3, -0.25) is 9.89 Å². The monoisotopic (exact) mass is 389 g/mol. The van der Waals surface area contributed by atoms with Crippen LogP contribution in [0.3, 0.4) is 0 Å². The van der Waals surface area contributed by atoms with Crippen LogP contribution in [-0.2, 0) is 0 Å². The number of aromatic amines is 1. The molecule has 1 amide bonds. The number of amides is 1. The quantitative estimate of drug-likeness (QED) is 0.504. The number of ether oxygens (including phenoxy) is 1. The van der Waals surface area contributed by atoms with Crippen molar-refractivity contribution in [2.75, 3.05) is 7.11 Å². The van der Waals surface area contributed by atoms with E-state index in [2.05, 4.69) is 15.5 Å². The highest BCUT2D eigenvalue weighted by molar-refractivity contribution is 7.13. The minimum Gasteiger partial charge on any atom is -0.496 e. The second-order valence-corrected chi connectivity index (χ2v) is 7.13. The van der Waals surface area contributed by atoms with Gasteiger partial charge < -0.3 is 10.1 Å². The van der Waals surface area contributed by atoms with E-state index in [9.17, 15) is 4.79 Å². The van der Waals surface area contributed by atoms with Crippen molar-refractivity contribution < 1.29 is 9.53 Å². The first kappa shape index (κ1) is 18.0. The predicted octanol–water partition coefficient (Wildman–Crippen LogP) is 4.67. The lowest BCUT2D eigenvalue weighted by atomic mass is 9.98. The highest BCUT2D eigenvalue weighted by atomic mass is 32.1. The maximum absolute atomic E-state index is 13.1. The van der Waals surface area contributed by atoms with Crippen molar-refractivity contribution in [2.24, 2.45) is 0 Å². The second-order valence-electron chi connectivity index (χ2n) is 6.18. The average Bonchev–Trinajstić information content (AvgIpc) is 3.44. The van der Waals surface area contributed by atoms with E-state index in [1.54, 1.807) is 30.6 Å². The number of nitrogens with one attached hydrogen (secondary N) is 2. The van der Waals surface area contributed by atoms with Gasteiger partial charge >= 0.3 is 0 Å². The van der Waals surface area contributed by atoms with Gasteiger partial charge in [-0.2, -0.15) is 5.10 Å². The molecule has 140 valence electrons. The lowest BCUT2D eigenvalue weighted by Crippen LogP contribution is -2.29. The van der Waals surface area contributed by atoms with Crippen LogP contribution in [0.2, 0.25) is 0 Å². The number of aromatic nitrogens is 2. The number of nitrogens with zero attached hydrogens (tertiary/aromatic N) is 1. The maximum Gasteiger partial charge on any atom is 0.255 e. The Morgan fingerprint density at radius 3 is 2.61 bits per heavy atom. The van der Waals surface area contributed by atoms with Crippen molar-refractivity contribution in [3.8, 4) is 16.3 Å². The van der Waals surface area contributed by atoms with Crippen LogP contribution in [0.1, 0.15) is 27.5 Å². The third-order valence-corrected chi connectivity index (χ3v) is 5.37. The molecule has 0 radical (unpaired) electrons. The fourth-order valence-electron chi connectivity index (χ4n) is 3.16. The van der Waals surface area contributed by atoms with Crippen LogP contribution >= 0.6 is 11.3 Å². The standard InChI is InChI=1S/C22H19N3O2S/c1-27-18-11-6-5-10-16(18)22(26)24-20(15-8-3-2-4-9-15)17-14-23-25-21(17)19-12-7-13-28-19/h2-14,20H,1H3,(H,23,25)(H,24,26). The van der Waals surface area contributed by atoms with Crippen LogP contribution in [-0.4, -0.2) is 23.2 Å². The summed E-state index contributed by atoms with van der Waals surface area (Å²) in [5.74, 6) is 0.335. The molecule has 0 spiro atoms. The molecule has 6 heteroatoms. The number of carbonyl (C=O) groups excluding carboxylic acids is 1. The largest absolute Gasteiger partial charge is 0.496 e. The predicted molar refractivity (Wildman–Crippen MR) is 111 cm³/mol. The first-order valence-electron chi connectivity index (χ1n) is 8.84. The van der Waals surface area contributed by atoms with Crippen LogP contribution in [0, 0.1) is 0 Å². The number of carbonyl (C=O) groups is 1. The van der Waals surface area contributed by atoms with Gasteiger partial charge in [-0.25, -0.2) is 0 Å². The lowest BCUT2D eigenvalue weighted by Gasteiger charge is -2.20. The van der Waals surface area contributed by atoms with Gasteiger partial charge in [0.15, 0.2) is 0 Å². The summed E-state index contributed by atoms with van der Waals surface area (Å²) in [5, 5.41) is 12.5. The highest BCUT2D eigenvalue weighted by Gasteiger charge is 2.24. The van der Waals surface area contributed by atoms with E-state index in [1.807, 2.05) is 66.2 Å². The fraction of sp³-hybridized carbons (Fsp3) is 0.0909. The van der Waals surface area contributed by atoms with E-state index in [0.29, 0.717) is 11.3 Å². The van der Waals surface area contributed by atoms with Crippen LogP contribution < -0.4 is 10.1 Å². The molecule has 1 atom stereocenters. The van der Waals surface area contributed by atoms with Gasteiger partial charge in [-0.15, -0.1) is 11.3 Å². The number of thiophene rings is 1. The summed E-state index contributed by atoms with van der Waals surface area (Å²) in [6.07, 6.45) is 1.84. The highest BCUT2D eigenvalue weighted by Crippen LogP contribution is 2.33. The number of hydrogen-bond donors (Lipinski definition) is 2. The Morgan fingerprint density at radius 1 is 1.07 bits per heavy atom. The van der Waals surface area contributed by atoms with Crippen molar-refractivity contribution in [3.63, 3.8) is 0 Å². The molecular formula is C22H19N3O2S. The van der Waals surface area contributed by atoms with Crippen molar-refractivity contribution >= 4 is 17.2 Å². The molecule has 1 unspecified atom stereocenters. The Labute approximate surface area is 167 Å². The number of rotatable bonds is 6. The van der Waals surface area contributed by atoms with Crippen LogP contribution in [0.25, 0.3) is 10.6 Å². The number of methoxy groups -OCH3 is 1. The zero-order chi connectivity index (χ0) is 19.3. The molecule has 28 heavy (non-hydrogen) atoms. The number of hydrogen-bond acceptors (Lipinski definition) is 4. The number of H-pyrrole nitrogens is 1. The molecule has 2 aromatic carbocycles. The molecule has 0 bridgehead atoms. The van der Waals surface area contributed by atoms with E-state index in [-0.39, 0.29) is 11.9 Å². The summed E-state index contributed by atoms with van der Waals surface area (Å²) >= 11 is 1.61. The van der Waals surface area contributed by atoms with Crippen LogP contribution in [0.15, 0.2) is 78.3 Å². The van der Waals surface area contributed by atoms with E-state index in [0.717, 1.165) is 21.7 Å². The molecule has 0 aliphatic heterocycles. The SMILES string of the molecule is COc1ccccc1C(=O)NC(c1ccccc1)c1c[nH]nc1-c1cccs1. The summed E-state index contributed by atoms with van der Waals surface area (Å²) in [6.45, 7) is 0. The molecule has 0 aliphatic rings. The summed E-state index contributed by atoms with van der Waals surface area (Å²) in [6, 6.07) is 20.7. The van der Waals surface area contributed by atoms with Gasteiger partial charge in [0, 0.05) is 11.8 Å². The smallest absolute Gasteiger partial charge is 0.255 e. The molecule has 4 aromatic rings. The van der Waals surface area contributed by atoms with Crippen molar-refractivity contribution in [2.45, 2.75) is 6.04 Å². The third kappa shape index (κ3) is 3.54. The first-order chi connectivity index (χ1) is 13.8. The van der Waals surface area contributed by atoms with Gasteiger partial charge in [-0.1, -0.05) is 48.5 Å². The van der Waals surface area contributed by atoms with Crippen molar-refractivity contribution in [1.29, 1.82) is 0 Å². The Kier molecular flexibility index (Phi) is 5.21. The normalized spacial score (nSPS) is 11.8. The molecule has 2 heterocycles. The third-order valence-electron chi connectivity index (χ3n) is 4.50. The fourth-order valence-corrected chi connectivity index (χ4v) is 3.89. The van der Waals surface area contributed by atoms with Gasteiger partial charge in [0.2, 0.25) is 0 Å². The molecular weight excluding hydrogens is 370 g/mol. The first-order valence-corrected chi connectivity index (χ1v) is 9.72. The average molecular weight is 389 g/mol. The van der Waals surface area contributed by atoms with E-state index < -0.39 is 0 Å². The van der Waals surface area contributed by atoms with E-state index in [4.69, 9.17) is 4.74 Å². The molecule has 0 saturated carbocycles. The summed E-state index contributed by atoms with van der Waals surface area (Å²) in [4.78, 5) is 14.1. The van der Waals surface area contributed by atoms with Crippen molar-refractivity contribution in [1.82, 2.24) is 15.5 Å². The van der Waals surface area contributed by atoms with Crippen LogP contribution in [0.4, 0.5) is 0 Å². The van der Waals surface area contributed by atoms with E-state index >= 15 is 0 Å². The van der Waals surface area contributed by atoms with Crippen molar-refractivity contribution in [3.05, 3.63) is 95.0 Å².